The summed E-state index contributed by atoms with van der Waals surface area (Å²) in [6, 6.07) is 12.5. The zero-order valence-corrected chi connectivity index (χ0v) is 14.5. The summed E-state index contributed by atoms with van der Waals surface area (Å²) in [6.07, 6.45) is 1.90. The second kappa shape index (κ2) is 6.54. The van der Waals surface area contributed by atoms with Crippen molar-refractivity contribution in [3.63, 3.8) is 0 Å². The summed E-state index contributed by atoms with van der Waals surface area (Å²) in [4.78, 5) is 14.2. The van der Waals surface area contributed by atoms with Crippen molar-refractivity contribution in [3.05, 3.63) is 52.5 Å². The van der Waals surface area contributed by atoms with Crippen molar-refractivity contribution in [2.24, 2.45) is 7.05 Å². The van der Waals surface area contributed by atoms with Gasteiger partial charge in [0.2, 0.25) is 0 Å². The summed E-state index contributed by atoms with van der Waals surface area (Å²) in [5.74, 6) is 0.00571. The van der Waals surface area contributed by atoms with Gasteiger partial charge in [-0.3, -0.25) is 9.48 Å². The Morgan fingerprint density at radius 2 is 2.09 bits per heavy atom. The van der Waals surface area contributed by atoms with Crippen LogP contribution in [0.25, 0.3) is 10.2 Å². The molecule has 0 unspecified atom stereocenters. The molecule has 0 aliphatic carbocycles. The first kappa shape index (κ1) is 15.7. The molecule has 0 fully saturated rings. The number of aryl methyl sites for hydroxylation is 3. The minimum atomic E-state index is 0.00571. The van der Waals surface area contributed by atoms with E-state index in [-0.39, 0.29) is 11.9 Å². The third kappa shape index (κ3) is 3.45. The van der Waals surface area contributed by atoms with Crippen molar-refractivity contribution in [1.82, 2.24) is 15.1 Å². The molecule has 0 aliphatic heterocycles. The average Bonchev–Trinajstić information content (AvgIpc) is 3.09. The van der Waals surface area contributed by atoms with Crippen LogP contribution in [0.15, 0.2) is 36.4 Å². The van der Waals surface area contributed by atoms with Gasteiger partial charge in [-0.1, -0.05) is 30.3 Å². The molecule has 1 atom stereocenters. The lowest BCUT2D eigenvalue weighted by atomic mass is 10.1. The maximum atomic E-state index is 12.4. The predicted octanol–water partition coefficient (Wildman–Crippen LogP) is 3.69. The summed E-state index contributed by atoms with van der Waals surface area (Å²) < 4.78 is 1.84. The van der Waals surface area contributed by atoms with Gasteiger partial charge in [-0.05, 0) is 38.3 Å². The van der Waals surface area contributed by atoms with Crippen LogP contribution >= 0.6 is 11.3 Å². The van der Waals surface area contributed by atoms with Gasteiger partial charge in [0.15, 0.2) is 0 Å². The van der Waals surface area contributed by atoms with Gasteiger partial charge < -0.3 is 5.32 Å². The molecule has 1 amide bonds. The molecule has 0 spiro atoms. The lowest BCUT2D eigenvalue weighted by Gasteiger charge is -2.13. The van der Waals surface area contributed by atoms with Crippen molar-refractivity contribution in [1.29, 1.82) is 0 Å². The number of fused-ring (bicyclic) bond motifs is 1. The summed E-state index contributed by atoms with van der Waals surface area (Å²) >= 11 is 1.50. The van der Waals surface area contributed by atoms with E-state index in [1.165, 1.54) is 16.9 Å². The van der Waals surface area contributed by atoms with Gasteiger partial charge >= 0.3 is 0 Å². The molecule has 3 aromatic rings. The molecule has 2 heterocycles. The molecule has 120 valence electrons. The molecular weight excluding hydrogens is 306 g/mol. The van der Waals surface area contributed by atoms with Gasteiger partial charge in [-0.25, -0.2) is 0 Å². The summed E-state index contributed by atoms with van der Waals surface area (Å²) in [6.45, 7) is 4.03. The Morgan fingerprint density at radius 1 is 1.35 bits per heavy atom. The number of carbonyl (C=O) groups is 1. The Kier molecular flexibility index (Phi) is 4.48. The highest BCUT2D eigenvalue weighted by molar-refractivity contribution is 7.20. The molecule has 0 saturated heterocycles. The van der Waals surface area contributed by atoms with Gasteiger partial charge in [0, 0.05) is 18.5 Å². The largest absolute Gasteiger partial charge is 0.349 e. The van der Waals surface area contributed by atoms with Crippen LogP contribution < -0.4 is 5.32 Å². The zero-order chi connectivity index (χ0) is 16.4. The van der Waals surface area contributed by atoms with Gasteiger partial charge in [-0.2, -0.15) is 5.10 Å². The quantitative estimate of drug-likeness (QED) is 0.777. The Labute approximate surface area is 140 Å². The molecule has 1 aromatic carbocycles. The van der Waals surface area contributed by atoms with Gasteiger partial charge in [0.05, 0.1) is 10.6 Å². The predicted molar refractivity (Wildman–Crippen MR) is 95.0 cm³/mol. The second-order valence-corrected chi connectivity index (χ2v) is 6.97. The highest BCUT2D eigenvalue weighted by atomic mass is 32.1. The maximum absolute atomic E-state index is 12.4. The van der Waals surface area contributed by atoms with Crippen LogP contribution in [-0.4, -0.2) is 21.7 Å². The number of amides is 1. The van der Waals surface area contributed by atoms with Crippen LogP contribution in [0.5, 0.6) is 0 Å². The normalized spacial score (nSPS) is 12.5. The van der Waals surface area contributed by atoms with Gasteiger partial charge in [-0.15, -0.1) is 11.3 Å². The maximum Gasteiger partial charge on any atom is 0.261 e. The number of hydrogen-bond donors (Lipinski definition) is 1. The molecular formula is C18H21N3OS. The number of aromatic nitrogens is 2. The minimum Gasteiger partial charge on any atom is -0.349 e. The molecule has 3 rings (SSSR count). The van der Waals surface area contributed by atoms with Crippen LogP contribution in [0.1, 0.15) is 34.3 Å². The van der Waals surface area contributed by atoms with E-state index < -0.39 is 0 Å². The Morgan fingerprint density at radius 3 is 2.78 bits per heavy atom. The molecule has 0 saturated carbocycles. The fourth-order valence-electron chi connectivity index (χ4n) is 2.71. The lowest BCUT2D eigenvalue weighted by molar-refractivity contribution is 0.0942. The van der Waals surface area contributed by atoms with Crippen LogP contribution in [-0.2, 0) is 13.5 Å². The van der Waals surface area contributed by atoms with E-state index in [4.69, 9.17) is 0 Å². The number of rotatable bonds is 5. The van der Waals surface area contributed by atoms with E-state index in [0.717, 1.165) is 33.6 Å². The summed E-state index contributed by atoms with van der Waals surface area (Å²) in [5, 5.41) is 8.54. The highest BCUT2D eigenvalue weighted by Gasteiger charge is 2.16. The number of nitrogens with zero attached hydrogens (tertiary/aromatic N) is 2. The SMILES string of the molecule is Cc1nn(C)c2sc(C(=O)N[C@H](C)CCc3ccccc3)cc12. The van der Waals surface area contributed by atoms with E-state index in [0.29, 0.717) is 0 Å². The van der Waals surface area contributed by atoms with Crippen LogP contribution in [0.4, 0.5) is 0 Å². The molecule has 1 N–H and O–H groups in total. The van der Waals surface area contributed by atoms with E-state index in [9.17, 15) is 4.79 Å². The second-order valence-electron chi connectivity index (χ2n) is 5.94. The van der Waals surface area contributed by atoms with Crippen molar-refractivity contribution < 1.29 is 4.79 Å². The molecule has 0 aliphatic rings. The third-order valence-corrected chi connectivity index (χ3v) is 5.21. The minimum absolute atomic E-state index is 0.00571. The molecule has 5 heteroatoms. The lowest BCUT2D eigenvalue weighted by Crippen LogP contribution is -2.32. The average molecular weight is 327 g/mol. The Balaban J connectivity index is 1.62. The molecule has 2 aromatic heterocycles. The number of thiophene rings is 1. The molecule has 0 radical (unpaired) electrons. The molecule has 0 bridgehead atoms. The van der Waals surface area contributed by atoms with Gasteiger partial charge in [0.1, 0.15) is 4.83 Å². The van der Waals surface area contributed by atoms with E-state index in [2.05, 4.69) is 29.5 Å². The van der Waals surface area contributed by atoms with Crippen molar-refractivity contribution in [3.8, 4) is 0 Å². The topological polar surface area (TPSA) is 46.9 Å². The van der Waals surface area contributed by atoms with E-state index >= 15 is 0 Å². The summed E-state index contributed by atoms with van der Waals surface area (Å²) in [7, 11) is 1.91. The van der Waals surface area contributed by atoms with Gasteiger partial charge in [0.25, 0.3) is 5.91 Å². The van der Waals surface area contributed by atoms with Crippen molar-refractivity contribution >= 4 is 27.5 Å². The zero-order valence-electron chi connectivity index (χ0n) is 13.7. The van der Waals surface area contributed by atoms with Crippen LogP contribution in [0.3, 0.4) is 0 Å². The first-order chi connectivity index (χ1) is 11.0. The highest BCUT2D eigenvalue weighted by Crippen LogP contribution is 2.27. The van der Waals surface area contributed by atoms with Crippen LogP contribution in [0, 0.1) is 6.92 Å². The number of hydrogen-bond acceptors (Lipinski definition) is 3. The van der Waals surface area contributed by atoms with Crippen molar-refractivity contribution in [2.45, 2.75) is 32.7 Å². The Bertz CT molecular complexity index is 785. The molecule has 23 heavy (non-hydrogen) atoms. The number of nitrogens with one attached hydrogen (secondary N) is 1. The summed E-state index contributed by atoms with van der Waals surface area (Å²) in [5.41, 5.74) is 2.27. The Hall–Kier alpha value is -2.14. The van der Waals surface area contributed by atoms with E-state index in [1.54, 1.807) is 0 Å². The standard InChI is InChI=1S/C18H21N3OS/c1-12(9-10-14-7-5-4-6-8-14)19-17(22)16-11-15-13(2)20-21(3)18(15)23-16/h4-8,11-12H,9-10H2,1-3H3,(H,19,22)/t12-/m1/s1. The number of carbonyl (C=O) groups excluding carboxylic acids is 1. The smallest absolute Gasteiger partial charge is 0.261 e. The third-order valence-electron chi connectivity index (χ3n) is 4.01. The monoisotopic (exact) mass is 327 g/mol. The fraction of sp³-hybridized carbons (Fsp3) is 0.333. The fourth-order valence-corrected chi connectivity index (χ4v) is 3.74. The first-order valence-electron chi connectivity index (χ1n) is 7.82. The number of benzene rings is 1. The van der Waals surface area contributed by atoms with E-state index in [1.807, 2.05) is 42.9 Å². The van der Waals surface area contributed by atoms with Crippen molar-refractivity contribution in [2.75, 3.05) is 0 Å². The molecule has 4 nitrogen and oxygen atoms in total. The first-order valence-corrected chi connectivity index (χ1v) is 8.64. The van der Waals surface area contributed by atoms with Crippen LogP contribution in [0.2, 0.25) is 0 Å².